The van der Waals surface area contributed by atoms with E-state index in [0.29, 0.717) is 32.5 Å². The Morgan fingerprint density at radius 2 is 1.45 bits per heavy atom. The summed E-state index contributed by atoms with van der Waals surface area (Å²) in [6, 6.07) is 19.1. The van der Waals surface area contributed by atoms with Crippen molar-refractivity contribution in [3.8, 4) is 0 Å². The first-order valence-corrected chi connectivity index (χ1v) is 10.6. The maximum atomic E-state index is 12.5. The molecule has 1 saturated heterocycles. The Hall–Kier alpha value is -3.35. The van der Waals surface area contributed by atoms with Crippen LogP contribution in [0.5, 0.6) is 0 Å². The van der Waals surface area contributed by atoms with Gasteiger partial charge in [-0.1, -0.05) is 36.4 Å². The van der Waals surface area contributed by atoms with Gasteiger partial charge in [-0.2, -0.15) is 0 Å². The number of likely N-dealkylation sites (tertiary alicyclic amines) is 1. The Kier molecular flexibility index (Phi) is 8.04. The Morgan fingerprint density at radius 1 is 0.903 bits per heavy atom. The third-order valence-electron chi connectivity index (χ3n) is 5.25. The molecule has 0 unspecified atom stereocenters. The number of benzene rings is 2. The molecule has 7 heteroatoms. The minimum absolute atomic E-state index is 0.00770. The lowest BCUT2D eigenvalue weighted by Crippen LogP contribution is -2.42. The minimum atomic E-state index is -0.484. The summed E-state index contributed by atoms with van der Waals surface area (Å²) in [5.74, 6) is -1.11. The van der Waals surface area contributed by atoms with E-state index in [2.05, 4.69) is 0 Å². The van der Waals surface area contributed by atoms with Crippen molar-refractivity contribution >= 4 is 29.2 Å². The van der Waals surface area contributed by atoms with Crippen LogP contribution in [0.15, 0.2) is 60.7 Å². The van der Waals surface area contributed by atoms with Crippen molar-refractivity contribution in [2.75, 3.05) is 37.7 Å². The zero-order valence-electron chi connectivity index (χ0n) is 17.7. The van der Waals surface area contributed by atoms with E-state index in [9.17, 15) is 14.4 Å². The molecule has 0 radical (unpaired) electrons. The average molecular weight is 424 g/mol. The van der Waals surface area contributed by atoms with Crippen LogP contribution in [0.3, 0.4) is 0 Å². The first-order chi connectivity index (χ1) is 15.1. The first-order valence-electron chi connectivity index (χ1n) is 10.6. The zero-order chi connectivity index (χ0) is 22.1. The maximum Gasteiger partial charge on any atom is 0.326 e. The number of ether oxygens (including phenoxy) is 2. The number of amides is 1. The van der Waals surface area contributed by atoms with Crippen LogP contribution in [0, 0.1) is 5.92 Å². The predicted molar refractivity (Wildman–Crippen MR) is 117 cm³/mol. The number of carbonyl (C=O) groups excluding carboxylic acids is 3. The Bertz CT molecular complexity index is 825. The smallest absolute Gasteiger partial charge is 0.326 e. The van der Waals surface area contributed by atoms with Crippen molar-refractivity contribution in [2.45, 2.75) is 19.8 Å². The molecule has 0 saturated carbocycles. The molecule has 3 rings (SSSR count). The number of hydrogen-bond acceptors (Lipinski definition) is 6. The SMILES string of the molecule is CCOC(=O)C1CCN(C(=O)COC(=O)CN(c2ccccc2)c2ccccc2)CC1. The molecule has 0 spiro atoms. The molecule has 0 aromatic heterocycles. The highest BCUT2D eigenvalue weighted by Gasteiger charge is 2.28. The molecule has 1 amide bonds. The maximum absolute atomic E-state index is 12.5. The first kappa shape index (κ1) is 22.3. The second-order valence-corrected chi connectivity index (χ2v) is 7.33. The van der Waals surface area contributed by atoms with Crippen LogP contribution in [-0.4, -0.2) is 55.6 Å². The molecule has 2 aromatic rings. The molecule has 31 heavy (non-hydrogen) atoms. The van der Waals surface area contributed by atoms with Gasteiger partial charge in [0.15, 0.2) is 6.61 Å². The number of carbonyl (C=O) groups is 3. The molecular formula is C24H28N2O5. The summed E-state index contributed by atoms with van der Waals surface area (Å²) in [5, 5.41) is 0. The molecule has 164 valence electrons. The normalized spacial score (nSPS) is 14.0. The molecule has 2 aromatic carbocycles. The summed E-state index contributed by atoms with van der Waals surface area (Å²) in [7, 11) is 0. The van der Waals surface area contributed by atoms with Gasteiger partial charge in [-0.25, -0.2) is 0 Å². The Balaban J connectivity index is 1.51. The van der Waals surface area contributed by atoms with Crippen molar-refractivity contribution in [2.24, 2.45) is 5.92 Å². The van der Waals surface area contributed by atoms with Gasteiger partial charge in [0.25, 0.3) is 5.91 Å². The number of anilines is 2. The van der Waals surface area contributed by atoms with Crippen molar-refractivity contribution in [1.82, 2.24) is 4.90 Å². The van der Waals surface area contributed by atoms with Crippen LogP contribution in [0.4, 0.5) is 11.4 Å². The number of hydrogen-bond donors (Lipinski definition) is 0. The van der Waals surface area contributed by atoms with Gasteiger partial charge in [0.05, 0.1) is 12.5 Å². The molecule has 1 fully saturated rings. The number of rotatable bonds is 8. The average Bonchev–Trinajstić information content (AvgIpc) is 2.82. The van der Waals surface area contributed by atoms with Crippen LogP contribution in [0.1, 0.15) is 19.8 Å². The molecule has 0 N–H and O–H groups in total. The van der Waals surface area contributed by atoms with Crippen LogP contribution >= 0.6 is 0 Å². The summed E-state index contributed by atoms with van der Waals surface area (Å²) in [6.07, 6.45) is 1.13. The highest BCUT2D eigenvalue weighted by molar-refractivity contribution is 5.84. The zero-order valence-corrected chi connectivity index (χ0v) is 17.7. The van der Waals surface area contributed by atoms with E-state index in [1.807, 2.05) is 65.6 Å². The largest absolute Gasteiger partial charge is 0.466 e. The lowest BCUT2D eigenvalue weighted by Gasteiger charge is -2.30. The lowest BCUT2D eigenvalue weighted by atomic mass is 9.97. The third kappa shape index (κ3) is 6.31. The highest BCUT2D eigenvalue weighted by Crippen LogP contribution is 2.24. The van der Waals surface area contributed by atoms with E-state index >= 15 is 0 Å². The summed E-state index contributed by atoms with van der Waals surface area (Å²) < 4.78 is 10.3. The van der Waals surface area contributed by atoms with Gasteiger partial charge < -0.3 is 19.3 Å². The van der Waals surface area contributed by atoms with Gasteiger partial charge in [0.2, 0.25) is 0 Å². The Morgan fingerprint density at radius 3 is 1.97 bits per heavy atom. The van der Waals surface area contributed by atoms with Crippen molar-refractivity contribution < 1.29 is 23.9 Å². The number of esters is 2. The fourth-order valence-electron chi connectivity index (χ4n) is 3.58. The van der Waals surface area contributed by atoms with Crippen LogP contribution in [-0.2, 0) is 23.9 Å². The molecule has 1 heterocycles. The molecule has 0 aliphatic carbocycles. The van der Waals surface area contributed by atoms with E-state index in [0.717, 1.165) is 11.4 Å². The predicted octanol–water partition coefficient (Wildman–Crippen LogP) is 3.17. The van der Waals surface area contributed by atoms with Crippen molar-refractivity contribution in [1.29, 1.82) is 0 Å². The van der Waals surface area contributed by atoms with E-state index in [4.69, 9.17) is 9.47 Å². The monoisotopic (exact) mass is 424 g/mol. The minimum Gasteiger partial charge on any atom is -0.466 e. The molecular weight excluding hydrogens is 396 g/mol. The topological polar surface area (TPSA) is 76.1 Å². The quantitative estimate of drug-likeness (QED) is 0.606. The number of nitrogens with zero attached hydrogens (tertiary/aromatic N) is 2. The van der Waals surface area contributed by atoms with E-state index < -0.39 is 5.97 Å². The van der Waals surface area contributed by atoms with Crippen molar-refractivity contribution in [3.05, 3.63) is 60.7 Å². The van der Waals surface area contributed by atoms with Crippen LogP contribution in [0.25, 0.3) is 0 Å². The van der Waals surface area contributed by atoms with E-state index in [1.165, 1.54) is 0 Å². The van der Waals surface area contributed by atoms with Gasteiger partial charge in [0.1, 0.15) is 6.54 Å². The number of piperidine rings is 1. The van der Waals surface area contributed by atoms with Crippen LogP contribution < -0.4 is 4.90 Å². The van der Waals surface area contributed by atoms with E-state index in [-0.39, 0.29) is 30.9 Å². The van der Waals surface area contributed by atoms with Gasteiger partial charge in [-0.15, -0.1) is 0 Å². The lowest BCUT2D eigenvalue weighted by molar-refractivity contribution is -0.154. The summed E-state index contributed by atoms with van der Waals surface area (Å²) in [6.45, 7) is 2.74. The summed E-state index contributed by atoms with van der Waals surface area (Å²) in [4.78, 5) is 40.3. The molecule has 1 aliphatic rings. The second-order valence-electron chi connectivity index (χ2n) is 7.33. The fraction of sp³-hybridized carbons (Fsp3) is 0.375. The standard InChI is InChI=1S/C24H28N2O5/c1-2-30-24(29)19-13-15-25(16-14-19)22(27)18-31-23(28)17-26(20-9-5-3-6-10-20)21-11-7-4-8-12-21/h3-12,19H,2,13-18H2,1H3. The van der Waals surface area contributed by atoms with Gasteiger partial charge in [-0.3, -0.25) is 14.4 Å². The van der Waals surface area contributed by atoms with E-state index in [1.54, 1.807) is 11.8 Å². The van der Waals surface area contributed by atoms with Crippen LogP contribution in [0.2, 0.25) is 0 Å². The second kappa shape index (κ2) is 11.2. The highest BCUT2D eigenvalue weighted by atomic mass is 16.5. The fourth-order valence-corrected chi connectivity index (χ4v) is 3.58. The van der Waals surface area contributed by atoms with Gasteiger partial charge >= 0.3 is 11.9 Å². The third-order valence-corrected chi connectivity index (χ3v) is 5.25. The Labute approximate surface area is 182 Å². The molecule has 0 atom stereocenters. The molecule has 1 aliphatic heterocycles. The molecule has 0 bridgehead atoms. The number of para-hydroxylation sites is 2. The summed E-state index contributed by atoms with van der Waals surface area (Å²) in [5.41, 5.74) is 1.72. The van der Waals surface area contributed by atoms with Gasteiger partial charge in [-0.05, 0) is 44.0 Å². The van der Waals surface area contributed by atoms with Crippen molar-refractivity contribution in [3.63, 3.8) is 0 Å². The molecule has 7 nitrogen and oxygen atoms in total. The van der Waals surface area contributed by atoms with Gasteiger partial charge in [0, 0.05) is 24.5 Å². The summed E-state index contributed by atoms with van der Waals surface area (Å²) >= 11 is 0.